The highest BCUT2D eigenvalue weighted by atomic mass is 19.4. The van der Waals surface area contributed by atoms with Crippen LogP contribution in [-0.2, 0) is 15.8 Å². The number of carbonyl (C=O) groups excluding carboxylic acids is 2. The summed E-state index contributed by atoms with van der Waals surface area (Å²) in [6, 6.07) is 3.09. The molecule has 22 heavy (non-hydrogen) atoms. The summed E-state index contributed by atoms with van der Waals surface area (Å²) in [7, 11) is 0. The minimum absolute atomic E-state index is 0.0908. The number of hydrogen-bond donors (Lipinski definition) is 2. The molecule has 5 nitrogen and oxygen atoms in total. The number of halogens is 3. The van der Waals surface area contributed by atoms with Crippen molar-refractivity contribution in [1.82, 2.24) is 4.90 Å². The summed E-state index contributed by atoms with van der Waals surface area (Å²) in [5, 5.41) is 11.4. The van der Waals surface area contributed by atoms with Gasteiger partial charge in [0.25, 0.3) is 11.8 Å². The van der Waals surface area contributed by atoms with Gasteiger partial charge in [0.2, 0.25) is 0 Å². The molecule has 1 aromatic carbocycles. The highest BCUT2D eigenvalue weighted by Gasteiger charge is 2.33. The van der Waals surface area contributed by atoms with Gasteiger partial charge in [-0.25, -0.2) is 0 Å². The number of amides is 2. The molecule has 1 aliphatic rings. The van der Waals surface area contributed by atoms with Crippen LogP contribution >= 0.6 is 0 Å². The number of nitrogens with zero attached hydrogens (tertiary/aromatic N) is 1. The van der Waals surface area contributed by atoms with E-state index >= 15 is 0 Å². The van der Waals surface area contributed by atoms with Crippen molar-refractivity contribution in [3.8, 4) is 0 Å². The fraction of sp³-hybridized carbons (Fsp3) is 0.286. The van der Waals surface area contributed by atoms with E-state index in [4.69, 9.17) is 5.11 Å². The normalized spacial score (nSPS) is 15.3. The zero-order valence-corrected chi connectivity index (χ0v) is 11.6. The van der Waals surface area contributed by atoms with E-state index in [1.807, 2.05) is 0 Å². The van der Waals surface area contributed by atoms with Crippen molar-refractivity contribution in [2.75, 3.05) is 18.5 Å². The molecule has 2 rings (SSSR count). The van der Waals surface area contributed by atoms with Gasteiger partial charge < -0.3 is 10.4 Å². The van der Waals surface area contributed by atoms with E-state index in [9.17, 15) is 22.8 Å². The molecule has 8 heteroatoms. The number of benzene rings is 1. The van der Waals surface area contributed by atoms with Crippen LogP contribution in [-0.4, -0.2) is 35.0 Å². The van der Waals surface area contributed by atoms with Crippen LogP contribution in [0.2, 0.25) is 0 Å². The smallest absolute Gasteiger partial charge is 0.395 e. The summed E-state index contributed by atoms with van der Waals surface area (Å²) in [5.74, 6) is -1.30. The highest BCUT2D eigenvalue weighted by Crippen LogP contribution is 2.32. The van der Waals surface area contributed by atoms with Crippen LogP contribution in [0.4, 0.5) is 18.9 Å². The summed E-state index contributed by atoms with van der Waals surface area (Å²) >= 11 is 0. The van der Waals surface area contributed by atoms with Crippen LogP contribution in [0, 0.1) is 6.92 Å². The topological polar surface area (TPSA) is 69.6 Å². The van der Waals surface area contributed by atoms with Gasteiger partial charge in [-0.05, 0) is 24.6 Å². The predicted octanol–water partition coefficient (Wildman–Crippen LogP) is 1.67. The van der Waals surface area contributed by atoms with Gasteiger partial charge in [0, 0.05) is 11.8 Å². The molecule has 0 fully saturated rings. The number of anilines is 1. The second kappa shape index (κ2) is 5.80. The van der Waals surface area contributed by atoms with Gasteiger partial charge in [-0.3, -0.25) is 14.5 Å². The number of alkyl halides is 3. The molecule has 0 radical (unpaired) electrons. The Hall–Kier alpha value is -2.35. The largest absolute Gasteiger partial charge is 0.416 e. The lowest BCUT2D eigenvalue weighted by Crippen LogP contribution is -2.34. The molecule has 1 aliphatic heterocycles. The molecule has 0 bridgehead atoms. The summed E-state index contributed by atoms with van der Waals surface area (Å²) in [4.78, 5) is 24.3. The first-order valence-corrected chi connectivity index (χ1v) is 6.37. The number of nitrogens with one attached hydrogen (secondary N) is 1. The number of imide groups is 1. The second-order valence-corrected chi connectivity index (χ2v) is 4.73. The van der Waals surface area contributed by atoms with E-state index in [2.05, 4.69) is 5.32 Å². The number of rotatable bonds is 4. The fourth-order valence-corrected chi connectivity index (χ4v) is 1.99. The van der Waals surface area contributed by atoms with Crippen molar-refractivity contribution in [3.63, 3.8) is 0 Å². The van der Waals surface area contributed by atoms with Gasteiger partial charge in [-0.1, -0.05) is 6.07 Å². The quantitative estimate of drug-likeness (QED) is 0.830. The Bertz CT molecular complexity index is 653. The van der Waals surface area contributed by atoms with Gasteiger partial charge in [-0.15, -0.1) is 0 Å². The predicted molar refractivity (Wildman–Crippen MR) is 71.7 cm³/mol. The van der Waals surface area contributed by atoms with Gasteiger partial charge in [0.05, 0.1) is 18.7 Å². The first kappa shape index (κ1) is 16.0. The molecule has 0 saturated heterocycles. The number of carbonyl (C=O) groups is 2. The first-order valence-electron chi connectivity index (χ1n) is 6.37. The van der Waals surface area contributed by atoms with E-state index in [-0.39, 0.29) is 24.5 Å². The first-order chi connectivity index (χ1) is 10.2. The molecule has 2 N–H and O–H groups in total. The van der Waals surface area contributed by atoms with Crippen molar-refractivity contribution in [2.45, 2.75) is 13.1 Å². The number of aliphatic hydroxyl groups excluding tert-OH is 1. The molecule has 0 atom stereocenters. The number of aryl methyl sites for hydroxylation is 1. The minimum atomic E-state index is -4.50. The third kappa shape index (κ3) is 3.11. The zero-order chi connectivity index (χ0) is 16.5. The van der Waals surface area contributed by atoms with Gasteiger partial charge in [0.1, 0.15) is 5.70 Å². The molecule has 1 heterocycles. The minimum Gasteiger partial charge on any atom is -0.395 e. The lowest BCUT2D eigenvalue weighted by Gasteiger charge is -2.15. The van der Waals surface area contributed by atoms with E-state index in [0.717, 1.165) is 23.1 Å². The summed E-state index contributed by atoms with van der Waals surface area (Å²) < 4.78 is 38.1. The van der Waals surface area contributed by atoms with Crippen LogP contribution < -0.4 is 5.32 Å². The zero-order valence-electron chi connectivity index (χ0n) is 11.6. The Morgan fingerprint density at radius 1 is 1.27 bits per heavy atom. The highest BCUT2D eigenvalue weighted by molar-refractivity contribution is 6.17. The van der Waals surface area contributed by atoms with Crippen molar-refractivity contribution >= 4 is 17.5 Å². The van der Waals surface area contributed by atoms with Gasteiger partial charge in [0.15, 0.2) is 0 Å². The van der Waals surface area contributed by atoms with Crippen LogP contribution in [0.5, 0.6) is 0 Å². The SMILES string of the molecule is Cc1ccc(C(F)(F)F)cc1NC1=CC(=O)N(CCO)C1=O. The number of β-amino-alcohol motifs (C(OH)–C–C–N with tert-alkyl or cyclic N) is 1. The van der Waals surface area contributed by atoms with Crippen LogP contribution in [0.15, 0.2) is 30.0 Å². The average molecular weight is 314 g/mol. The molecule has 0 saturated carbocycles. The Morgan fingerprint density at radius 3 is 2.55 bits per heavy atom. The van der Waals surface area contributed by atoms with E-state index < -0.39 is 23.6 Å². The van der Waals surface area contributed by atoms with Crippen molar-refractivity contribution < 1.29 is 27.9 Å². The van der Waals surface area contributed by atoms with Crippen LogP contribution in [0.3, 0.4) is 0 Å². The molecular weight excluding hydrogens is 301 g/mol. The fourth-order valence-electron chi connectivity index (χ4n) is 1.99. The van der Waals surface area contributed by atoms with E-state index in [1.54, 1.807) is 6.92 Å². The molecule has 0 aliphatic carbocycles. The van der Waals surface area contributed by atoms with Gasteiger partial charge in [-0.2, -0.15) is 13.2 Å². The van der Waals surface area contributed by atoms with E-state index in [1.165, 1.54) is 6.07 Å². The molecule has 118 valence electrons. The maximum atomic E-state index is 12.7. The Balaban J connectivity index is 2.27. The maximum Gasteiger partial charge on any atom is 0.416 e. The molecule has 1 aromatic rings. The lowest BCUT2D eigenvalue weighted by atomic mass is 10.1. The second-order valence-electron chi connectivity index (χ2n) is 4.73. The summed E-state index contributed by atoms with van der Waals surface area (Å²) in [6.45, 7) is 1.03. The van der Waals surface area contributed by atoms with Crippen molar-refractivity contribution in [1.29, 1.82) is 0 Å². The summed E-state index contributed by atoms with van der Waals surface area (Å²) in [5.41, 5.74) is -0.395. The molecule has 0 spiro atoms. The van der Waals surface area contributed by atoms with Crippen molar-refractivity contribution in [2.24, 2.45) is 0 Å². The Labute approximate surface area is 124 Å². The van der Waals surface area contributed by atoms with Crippen molar-refractivity contribution in [3.05, 3.63) is 41.1 Å². The Morgan fingerprint density at radius 2 is 1.95 bits per heavy atom. The third-order valence-electron chi connectivity index (χ3n) is 3.17. The lowest BCUT2D eigenvalue weighted by molar-refractivity contribution is -0.138. The van der Waals surface area contributed by atoms with Crippen LogP contribution in [0.1, 0.15) is 11.1 Å². The van der Waals surface area contributed by atoms with Gasteiger partial charge >= 0.3 is 6.18 Å². The molecule has 2 amide bonds. The molecule has 0 aromatic heterocycles. The maximum absolute atomic E-state index is 12.7. The van der Waals surface area contributed by atoms with E-state index in [0.29, 0.717) is 5.56 Å². The number of hydrogen-bond acceptors (Lipinski definition) is 4. The summed E-state index contributed by atoms with van der Waals surface area (Å²) in [6.07, 6.45) is -3.51. The third-order valence-corrected chi connectivity index (χ3v) is 3.17. The van der Waals surface area contributed by atoms with Crippen LogP contribution in [0.25, 0.3) is 0 Å². The molecular formula is C14H13F3N2O3. The standard InChI is InChI=1S/C14H13F3N2O3/c1-8-2-3-9(14(15,16)17)6-10(8)18-11-7-12(21)19(4-5-20)13(11)22/h2-3,6-7,18,20H,4-5H2,1H3. The monoisotopic (exact) mass is 314 g/mol. The Kier molecular flexibility index (Phi) is 4.23. The molecule has 0 unspecified atom stereocenters. The average Bonchev–Trinajstić information content (AvgIpc) is 2.68. The number of aliphatic hydroxyl groups is 1.